The van der Waals surface area contributed by atoms with E-state index >= 15 is 0 Å². The molecule has 4 nitrogen and oxygen atoms in total. The Bertz CT molecular complexity index is 670. The quantitative estimate of drug-likeness (QED) is 0.799. The van der Waals surface area contributed by atoms with E-state index in [9.17, 15) is 9.18 Å². The Kier molecular flexibility index (Phi) is 5.87. The van der Waals surface area contributed by atoms with Crippen LogP contribution < -0.4 is 0 Å². The first-order valence-corrected chi connectivity index (χ1v) is 8.87. The van der Waals surface area contributed by atoms with E-state index < -0.39 is 0 Å². The molecule has 0 spiro atoms. The molecule has 1 aliphatic heterocycles. The Morgan fingerprint density at radius 3 is 2.72 bits per heavy atom. The van der Waals surface area contributed by atoms with Gasteiger partial charge in [-0.2, -0.15) is 0 Å². The lowest BCUT2D eigenvalue weighted by Crippen LogP contribution is -2.41. The van der Waals surface area contributed by atoms with Crippen LogP contribution in [0.4, 0.5) is 4.39 Å². The Labute approximate surface area is 148 Å². The average Bonchev–Trinajstić information content (AvgIpc) is 3.15. The SMILES string of the molecule is CN(C(=O)CCCn1cccc1)[C@@H]1CCO[C@H](c2ccc(F)cc2)C1. The van der Waals surface area contributed by atoms with E-state index in [4.69, 9.17) is 4.74 Å². The van der Waals surface area contributed by atoms with Crippen LogP contribution in [-0.2, 0) is 16.1 Å². The molecule has 0 unspecified atom stereocenters. The number of aryl methyl sites for hydroxylation is 1. The molecule has 1 aromatic heterocycles. The van der Waals surface area contributed by atoms with Gasteiger partial charge in [-0.15, -0.1) is 0 Å². The topological polar surface area (TPSA) is 34.5 Å². The number of hydrogen-bond acceptors (Lipinski definition) is 2. The lowest BCUT2D eigenvalue weighted by atomic mass is 9.96. The normalized spacial score (nSPS) is 20.4. The second kappa shape index (κ2) is 8.30. The first-order chi connectivity index (χ1) is 12.1. The summed E-state index contributed by atoms with van der Waals surface area (Å²) in [4.78, 5) is 14.4. The minimum Gasteiger partial charge on any atom is -0.373 e. The Hall–Kier alpha value is -2.14. The summed E-state index contributed by atoms with van der Waals surface area (Å²) in [6, 6.07) is 10.6. The predicted octanol–water partition coefficient (Wildman–Crippen LogP) is 3.79. The smallest absolute Gasteiger partial charge is 0.222 e. The minimum absolute atomic E-state index is 0.0746. The van der Waals surface area contributed by atoms with Gasteiger partial charge in [0.05, 0.1) is 6.10 Å². The van der Waals surface area contributed by atoms with Crippen LogP contribution in [0.5, 0.6) is 0 Å². The first kappa shape index (κ1) is 17.7. The van der Waals surface area contributed by atoms with Gasteiger partial charge in [-0.3, -0.25) is 4.79 Å². The van der Waals surface area contributed by atoms with E-state index in [1.165, 1.54) is 12.1 Å². The van der Waals surface area contributed by atoms with Gasteiger partial charge < -0.3 is 14.2 Å². The van der Waals surface area contributed by atoms with Crippen molar-refractivity contribution in [2.24, 2.45) is 0 Å². The third kappa shape index (κ3) is 4.69. The number of benzene rings is 1. The van der Waals surface area contributed by atoms with Gasteiger partial charge >= 0.3 is 0 Å². The zero-order valence-corrected chi connectivity index (χ0v) is 14.6. The van der Waals surface area contributed by atoms with Crippen molar-refractivity contribution in [2.45, 2.75) is 44.4 Å². The molecule has 2 heterocycles. The number of hydrogen-bond donors (Lipinski definition) is 0. The van der Waals surface area contributed by atoms with Crippen molar-refractivity contribution < 1.29 is 13.9 Å². The van der Waals surface area contributed by atoms with Gasteiger partial charge in [-0.05, 0) is 49.1 Å². The van der Waals surface area contributed by atoms with Gasteiger partial charge in [-0.25, -0.2) is 4.39 Å². The molecule has 2 atom stereocenters. The summed E-state index contributed by atoms with van der Waals surface area (Å²) >= 11 is 0. The highest BCUT2D eigenvalue weighted by molar-refractivity contribution is 5.76. The summed E-state index contributed by atoms with van der Waals surface area (Å²) in [5, 5.41) is 0. The molecule has 0 bridgehead atoms. The van der Waals surface area contributed by atoms with Crippen molar-refractivity contribution in [3.8, 4) is 0 Å². The average molecular weight is 344 g/mol. The zero-order valence-electron chi connectivity index (χ0n) is 14.6. The highest BCUT2D eigenvalue weighted by Crippen LogP contribution is 2.30. The fourth-order valence-corrected chi connectivity index (χ4v) is 3.35. The lowest BCUT2D eigenvalue weighted by molar-refractivity contribution is -0.135. The van der Waals surface area contributed by atoms with E-state index in [0.29, 0.717) is 13.0 Å². The summed E-state index contributed by atoms with van der Waals surface area (Å²) in [6.07, 6.45) is 6.94. The van der Waals surface area contributed by atoms with Crippen molar-refractivity contribution in [3.63, 3.8) is 0 Å². The van der Waals surface area contributed by atoms with E-state index in [1.807, 2.05) is 36.5 Å². The molecule has 134 valence electrons. The summed E-state index contributed by atoms with van der Waals surface area (Å²) in [5.41, 5.74) is 0.972. The van der Waals surface area contributed by atoms with Crippen LogP contribution in [0.15, 0.2) is 48.8 Å². The van der Waals surface area contributed by atoms with E-state index in [0.717, 1.165) is 31.4 Å². The molecular formula is C20H25FN2O2. The maximum absolute atomic E-state index is 13.1. The number of amides is 1. The number of ether oxygens (including phenoxy) is 1. The van der Waals surface area contributed by atoms with Crippen molar-refractivity contribution in [2.75, 3.05) is 13.7 Å². The van der Waals surface area contributed by atoms with Crippen molar-refractivity contribution in [3.05, 3.63) is 60.2 Å². The van der Waals surface area contributed by atoms with Gasteiger partial charge in [0.1, 0.15) is 5.82 Å². The molecule has 1 fully saturated rings. The maximum Gasteiger partial charge on any atom is 0.222 e. The van der Waals surface area contributed by atoms with Crippen molar-refractivity contribution in [1.82, 2.24) is 9.47 Å². The summed E-state index contributed by atoms with van der Waals surface area (Å²) in [7, 11) is 1.88. The summed E-state index contributed by atoms with van der Waals surface area (Å²) in [6.45, 7) is 1.48. The maximum atomic E-state index is 13.1. The van der Waals surface area contributed by atoms with Crippen LogP contribution in [0.25, 0.3) is 0 Å². The highest BCUT2D eigenvalue weighted by atomic mass is 19.1. The molecule has 0 radical (unpaired) electrons. The van der Waals surface area contributed by atoms with Crippen LogP contribution in [-0.4, -0.2) is 35.1 Å². The second-order valence-corrected chi connectivity index (χ2v) is 6.62. The Balaban J connectivity index is 1.51. The number of aromatic nitrogens is 1. The Morgan fingerprint density at radius 2 is 2.00 bits per heavy atom. The van der Waals surface area contributed by atoms with Crippen LogP contribution >= 0.6 is 0 Å². The molecule has 0 aliphatic carbocycles. The molecule has 3 rings (SSSR count). The van der Waals surface area contributed by atoms with Crippen molar-refractivity contribution >= 4 is 5.91 Å². The molecule has 1 aromatic carbocycles. The predicted molar refractivity (Wildman–Crippen MR) is 94.6 cm³/mol. The molecule has 0 N–H and O–H groups in total. The fourth-order valence-electron chi connectivity index (χ4n) is 3.35. The molecular weight excluding hydrogens is 319 g/mol. The van der Waals surface area contributed by atoms with E-state index in [1.54, 1.807) is 12.1 Å². The highest BCUT2D eigenvalue weighted by Gasteiger charge is 2.28. The van der Waals surface area contributed by atoms with Gasteiger partial charge in [0.15, 0.2) is 0 Å². The molecule has 25 heavy (non-hydrogen) atoms. The number of nitrogens with zero attached hydrogens (tertiary/aromatic N) is 2. The number of halogens is 1. The molecule has 0 saturated carbocycles. The summed E-state index contributed by atoms with van der Waals surface area (Å²) < 4.78 is 21.0. The standard InChI is InChI=1S/C20H25FN2O2/c1-22(20(24)5-4-13-23-11-2-3-12-23)18-10-14-25-19(15-18)16-6-8-17(21)9-7-16/h2-3,6-9,11-12,18-19H,4-5,10,13-15H2,1H3/t18-,19+/m1/s1. The largest absolute Gasteiger partial charge is 0.373 e. The Morgan fingerprint density at radius 1 is 1.28 bits per heavy atom. The van der Waals surface area contributed by atoms with Crippen LogP contribution in [0.3, 0.4) is 0 Å². The zero-order chi connectivity index (χ0) is 17.6. The monoisotopic (exact) mass is 344 g/mol. The number of carbonyl (C=O) groups is 1. The second-order valence-electron chi connectivity index (χ2n) is 6.62. The van der Waals surface area contributed by atoms with E-state index in [2.05, 4.69) is 4.57 Å². The fraction of sp³-hybridized carbons (Fsp3) is 0.450. The molecule has 5 heteroatoms. The minimum atomic E-state index is -0.244. The molecule has 1 amide bonds. The lowest BCUT2D eigenvalue weighted by Gasteiger charge is -2.35. The number of carbonyl (C=O) groups excluding carboxylic acids is 1. The first-order valence-electron chi connectivity index (χ1n) is 8.87. The van der Waals surface area contributed by atoms with E-state index in [-0.39, 0.29) is 23.9 Å². The van der Waals surface area contributed by atoms with Gasteiger partial charge in [0.2, 0.25) is 5.91 Å². The van der Waals surface area contributed by atoms with Gasteiger partial charge in [0.25, 0.3) is 0 Å². The van der Waals surface area contributed by atoms with Crippen LogP contribution in [0.1, 0.15) is 37.4 Å². The van der Waals surface area contributed by atoms with Crippen LogP contribution in [0, 0.1) is 5.82 Å². The van der Waals surface area contributed by atoms with Crippen LogP contribution in [0.2, 0.25) is 0 Å². The third-order valence-corrected chi connectivity index (χ3v) is 4.91. The third-order valence-electron chi connectivity index (χ3n) is 4.91. The molecule has 1 aliphatic rings. The number of rotatable bonds is 6. The van der Waals surface area contributed by atoms with Crippen molar-refractivity contribution in [1.29, 1.82) is 0 Å². The van der Waals surface area contributed by atoms with Gasteiger partial charge in [0, 0.05) is 45.1 Å². The van der Waals surface area contributed by atoms with Gasteiger partial charge in [-0.1, -0.05) is 12.1 Å². The molecule has 1 saturated heterocycles. The molecule has 2 aromatic rings. The summed E-state index contributed by atoms with van der Waals surface area (Å²) in [5.74, 6) is -0.0667.